The first kappa shape index (κ1) is 20.4. The van der Waals surface area contributed by atoms with E-state index < -0.39 is 17.6 Å². The Bertz CT molecular complexity index is 1020. The number of halogens is 1. The molecule has 0 atom stereocenters. The number of carbonyl (C=O) groups excluding carboxylic acids is 2. The van der Waals surface area contributed by atoms with Crippen LogP contribution in [0.5, 0.6) is 0 Å². The van der Waals surface area contributed by atoms with Crippen molar-refractivity contribution in [1.29, 1.82) is 0 Å². The molecule has 150 valence electrons. The fourth-order valence-corrected chi connectivity index (χ4v) is 2.61. The number of amides is 2. The van der Waals surface area contributed by atoms with E-state index in [0.717, 1.165) is 5.56 Å². The van der Waals surface area contributed by atoms with E-state index in [4.69, 9.17) is 20.9 Å². The molecule has 0 aliphatic heterocycles. The summed E-state index contributed by atoms with van der Waals surface area (Å²) in [6.07, 6.45) is -0.551. The molecule has 1 aromatic heterocycles. The van der Waals surface area contributed by atoms with Crippen LogP contribution in [0.4, 0.5) is 16.2 Å². The molecule has 0 radical (unpaired) electrons. The van der Waals surface area contributed by atoms with Gasteiger partial charge in [0, 0.05) is 28.0 Å². The highest BCUT2D eigenvalue weighted by Crippen LogP contribution is 2.23. The van der Waals surface area contributed by atoms with Gasteiger partial charge in [0.1, 0.15) is 11.3 Å². The van der Waals surface area contributed by atoms with Crippen LogP contribution < -0.4 is 10.6 Å². The first-order valence-corrected chi connectivity index (χ1v) is 9.21. The standard InChI is InChI=1S/C21H20ClN3O4/c1-21(2,3)28-20(27)24-16-9-7-15(8-10-16)23-19(26)18-12-17(25-29-18)13-5-4-6-14(22)11-13/h4-12H,1-3H3,(H,23,26)(H,24,27). The van der Waals surface area contributed by atoms with E-state index in [1.54, 1.807) is 69.3 Å². The molecule has 3 rings (SSSR count). The van der Waals surface area contributed by atoms with Crippen LogP contribution in [0.2, 0.25) is 5.02 Å². The molecule has 0 spiro atoms. The van der Waals surface area contributed by atoms with Crippen LogP contribution in [0.3, 0.4) is 0 Å². The number of rotatable bonds is 4. The molecule has 2 amide bonds. The van der Waals surface area contributed by atoms with Gasteiger partial charge in [0.05, 0.1) is 0 Å². The number of carbonyl (C=O) groups is 2. The molecular weight excluding hydrogens is 394 g/mol. The van der Waals surface area contributed by atoms with Gasteiger partial charge in [0.2, 0.25) is 5.76 Å². The van der Waals surface area contributed by atoms with Gasteiger partial charge in [-0.25, -0.2) is 4.79 Å². The first-order valence-electron chi connectivity index (χ1n) is 8.84. The Morgan fingerprint density at radius 1 is 1.00 bits per heavy atom. The summed E-state index contributed by atoms with van der Waals surface area (Å²) < 4.78 is 10.3. The Balaban J connectivity index is 1.62. The molecular formula is C21H20ClN3O4. The molecule has 8 heteroatoms. The summed E-state index contributed by atoms with van der Waals surface area (Å²) in [5, 5.41) is 9.81. The fourth-order valence-electron chi connectivity index (χ4n) is 2.42. The van der Waals surface area contributed by atoms with E-state index in [0.29, 0.717) is 22.1 Å². The summed E-state index contributed by atoms with van der Waals surface area (Å²) in [6, 6.07) is 15.2. The van der Waals surface area contributed by atoms with Crippen LogP contribution in [0.25, 0.3) is 11.3 Å². The summed E-state index contributed by atoms with van der Waals surface area (Å²) in [5.74, 6) is -0.380. The Morgan fingerprint density at radius 2 is 1.66 bits per heavy atom. The van der Waals surface area contributed by atoms with E-state index in [2.05, 4.69) is 15.8 Å². The van der Waals surface area contributed by atoms with E-state index in [9.17, 15) is 9.59 Å². The Kier molecular flexibility index (Phi) is 5.89. The summed E-state index contributed by atoms with van der Waals surface area (Å²) >= 11 is 5.98. The summed E-state index contributed by atoms with van der Waals surface area (Å²) in [7, 11) is 0. The van der Waals surface area contributed by atoms with Crippen molar-refractivity contribution in [1.82, 2.24) is 5.16 Å². The van der Waals surface area contributed by atoms with E-state index in [-0.39, 0.29) is 5.76 Å². The Hall–Kier alpha value is -3.32. The van der Waals surface area contributed by atoms with Crippen molar-refractivity contribution in [2.24, 2.45) is 0 Å². The normalized spacial score (nSPS) is 11.0. The second kappa shape index (κ2) is 8.36. The predicted octanol–water partition coefficient (Wildman–Crippen LogP) is 5.59. The lowest BCUT2D eigenvalue weighted by molar-refractivity contribution is 0.0635. The highest BCUT2D eigenvalue weighted by atomic mass is 35.5. The zero-order valence-corrected chi connectivity index (χ0v) is 16.9. The van der Waals surface area contributed by atoms with Crippen molar-refractivity contribution < 1.29 is 18.8 Å². The fraction of sp³-hybridized carbons (Fsp3) is 0.190. The van der Waals surface area contributed by atoms with Gasteiger partial charge in [0.25, 0.3) is 5.91 Å². The smallest absolute Gasteiger partial charge is 0.412 e. The quantitative estimate of drug-likeness (QED) is 0.581. The molecule has 0 saturated heterocycles. The van der Waals surface area contributed by atoms with Gasteiger partial charge >= 0.3 is 6.09 Å². The summed E-state index contributed by atoms with van der Waals surface area (Å²) in [6.45, 7) is 5.35. The number of hydrogen-bond acceptors (Lipinski definition) is 5. The number of nitrogens with one attached hydrogen (secondary N) is 2. The molecule has 0 aliphatic rings. The molecule has 0 bridgehead atoms. The minimum absolute atomic E-state index is 0.0657. The number of nitrogens with zero attached hydrogens (tertiary/aromatic N) is 1. The lowest BCUT2D eigenvalue weighted by atomic mass is 10.1. The van der Waals surface area contributed by atoms with Gasteiger partial charge < -0.3 is 14.6 Å². The van der Waals surface area contributed by atoms with Gasteiger partial charge in [-0.05, 0) is 57.2 Å². The van der Waals surface area contributed by atoms with Crippen LogP contribution in [-0.4, -0.2) is 22.8 Å². The second-order valence-electron chi connectivity index (χ2n) is 7.25. The van der Waals surface area contributed by atoms with Crippen LogP contribution in [0.1, 0.15) is 31.3 Å². The molecule has 7 nitrogen and oxygen atoms in total. The van der Waals surface area contributed by atoms with Crippen LogP contribution in [0, 0.1) is 0 Å². The molecule has 2 N–H and O–H groups in total. The minimum Gasteiger partial charge on any atom is -0.444 e. The lowest BCUT2D eigenvalue weighted by Crippen LogP contribution is -2.27. The number of anilines is 2. The highest BCUT2D eigenvalue weighted by molar-refractivity contribution is 6.30. The van der Waals surface area contributed by atoms with Crippen molar-refractivity contribution in [2.45, 2.75) is 26.4 Å². The van der Waals surface area contributed by atoms with Crippen LogP contribution >= 0.6 is 11.6 Å². The third-order valence-corrected chi connectivity index (χ3v) is 3.88. The molecule has 0 aliphatic carbocycles. The maximum atomic E-state index is 12.4. The molecule has 1 heterocycles. The van der Waals surface area contributed by atoms with Crippen molar-refractivity contribution in [3.8, 4) is 11.3 Å². The van der Waals surface area contributed by atoms with Gasteiger partial charge in [-0.15, -0.1) is 0 Å². The van der Waals surface area contributed by atoms with Crippen LogP contribution in [0.15, 0.2) is 59.1 Å². The second-order valence-corrected chi connectivity index (χ2v) is 7.68. The van der Waals surface area contributed by atoms with E-state index in [1.165, 1.54) is 0 Å². The monoisotopic (exact) mass is 413 g/mol. The molecule has 0 saturated carbocycles. The highest BCUT2D eigenvalue weighted by Gasteiger charge is 2.17. The first-order chi connectivity index (χ1) is 13.7. The SMILES string of the molecule is CC(C)(C)OC(=O)Nc1ccc(NC(=O)c2cc(-c3cccc(Cl)c3)no2)cc1. The third-order valence-electron chi connectivity index (χ3n) is 3.64. The van der Waals surface area contributed by atoms with Gasteiger partial charge in [0.15, 0.2) is 0 Å². The minimum atomic E-state index is -0.584. The van der Waals surface area contributed by atoms with Crippen molar-refractivity contribution in [3.63, 3.8) is 0 Å². The maximum Gasteiger partial charge on any atom is 0.412 e. The van der Waals surface area contributed by atoms with E-state index in [1.807, 2.05) is 6.07 Å². The average Bonchev–Trinajstić information content (AvgIpc) is 3.12. The van der Waals surface area contributed by atoms with Gasteiger partial charge in [-0.1, -0.05) is 28.9 Å². The molecule has 3 aromatic rings. The zero-order chi connectivity index (χ0) is 21.0. The Labute approximate surface area is 173 Å². The number of aromatic nitrogens is 1. The molecule has 0 unspecified atom stereocenters. The van der Waals surface area contributed by atoms with Gasteiger partial charge in [-0.2, -0.15) is 0 Å². The number of benzene rings is 2. The zero-order valence-electron chi connectivity index (χ0n) is 16.2. The summed E-state index contributed by atoms with van der Waals surface area (Å²) in [5.41, 5.74) is 1.75. The predicted molar refractivity (Wildman–Crippen MR) is 111 cm³/mol. The molecule has 2 aromatic carbocycles. The van der Waals surface area contributed by atoms with Crippen LogP contribution in [-0.2, 0) is 4.74 Å². The molecule has 0 fully saturated rings. The van der Waals surface area contributed by atoms with E-state index >= 15 is 0 Å². The topological polar surface area (TPSA) is 93.5 Å². The third kappa shape index (κ3) is 5.83. The summed E-state index contributed by atoms with van der Waals surface area (Å²) in [4.78, 5) is 24.2. The van der Waals surface area contributed by atoms with Crippen molar-refractivity contribution in [2.75, 3.05) is 10.6 Å². The van der Waals surface area contributed by atoms with Crippen molar-refractivity contribution in [3.05, 3.63) is 65.4 Å². The number of hydrogen-bond donors (Lipinski definition) is 2. The average molecular weight is 414 g/mol. The lowest BCUT2D eigenvalue weighted by Gasteiger charge is -2.19. The maximum absolute atomic E-state index is 12.4. The number of ether oxygens (including phenoxy) is 1. The largest absolute Gasteiger partial charge is 0.444 e. The Morgan fingerprint density at radius 3 is 2.28 bits per heavy atom. The van der Waals surface area contributed by atoms with Gasteiger partial charge in [-0.3, -0.25) is 10.1 Å². The van der Waals surface area contributed by atoms with Crippen molar-refractivity contribution >= 4 is 35.0 Å². The molecule has 29 heavy (non-hydrogen) atoms.